The van der Waals surface area contributed by atoms with Crippen molar-refractivity contribution in [2.75, 3.05) is 6.54 Å². The molecular formula is C14H14Cl2N2. The summed E-state index contributed by atoms with van der Waals surface area (Å²) in [6.45, 7) is 0.562. The second kappa shape index (κ2) is 6.19. The summed E-state index contributed by atoms with van der Waals surface area (Å²) < 4.78 is 0. The largest absolute Gasteiger partial charge is 0.330 e. The summed E-state index contributed by atoms with van der Waals surface area (Å²) in [5.41, 5.74) is 8.12. The van der Waals surface area contributed by atoms with Crippen molar-refractivity contribution < 1.29 is 0 Å². The van der Waals surface area contributed by atoms with Crippen LogP contribution in [0, 0.1) is 0 Å². The first kappa shape index (κ1) is 13.3. The Bertz CT molecular complexity index is 514. The normalized spacial score (nSPS) is 12.4. The van der Waals surface area contributed by atoms with Crippen molar-refractivity contribution in [3.63, 3.8) is 0 Å². The number of hydrogen-bond donors (Lipinski definition) is 1. The molecule has 0 amide bonds. The minimum atomic E-state index is 0.226. The van der Waals surface area contributed by atoms with Crippen LogP contribution < -0.4 is 5.73 Å². The van der Waals surface area contributed by atoms with Crippen molar-refractivity contribution in [3.8, 4) is 0 Å². The average Bonchev–Trinajstić information content (AvgIpc) is 2.40. The summed E-state index contributed by atoms with van der Waals surface area (Å²) in [7, 11) is 0. The smallest absolute Gasteiger partial charge is 0.0595 e. The Morgan fingerprint density at radius 3 is 2.61 bits per heavy atom. The van der Waals surface area contributed by atoms with Gasteiger partial charge in [0.15, 0.2) is 0 Å². The van der Waals surface area contributed by atoms with E-state index in [1.807, 2.05) is 36.5 Å². The van der Waals surface area contributed by atoms with Crippen LogP contribution in [0.4, 0.5) is 0 Å². The molecule has 0 unspecified atom stereocenters. The molecule has 2 N–H and O–H groups in total. The van der Waals surface area contributed by atoms with E-state index in [1.165, 1.54) is 5.56 Å². The molecule has 2 nitrogen and oxygen atoms in total. The fraction of sp³-hybridized carbons (Fsp3) is 0.214. The molecule has 0 radical (unpaired) electrons. The van der Waals surface area contributed by atoms with Crippen LogP contribution in [0.15, 0.2) is 42.7 Å². The average molecular weight is 281 g/mol. The molecule has 0 aliphatic carbocycles. The number of nitrogens with zero attached hydrogens (tertiary/aromatic N) is 1. The van der Waals surface area contributed by atoms with E-state index in [4.69, 9.17) is 28.9 Å². The summed E-state index contributed by atoms with van der Waals surface area (Å²) in [4.78, 5) is 4.11. The van der Waals surface area contributed by atoms with Crippen LogP contribution in [0.5, 0.6) is 0 Å². The lowest BCUT2D eigenvalue weighted by Gasteiger charge is -2.15. The Labute approximate surface area is 117 Å². The maximum Gasteiger partial charge on any atom is 0.0595 e. The van der Waals surface area contributed by atoms with E-state index >= 15 is 0 Å². The summed E-state index contributed by atoms with van der Waals surface area (Å²) in [5.74, 6) is 0.226. The lowest BCUT2D eigenvalue weighted by molar-refractivity contribution is 0.693. The van der Waals surface area contributed by atoms with Gasteiger partial charge in [-0.05, 0) is 42.3 Å². The first-order valence-corrected chi connectivity index (χ1v) is 6.50. The van der Waals surface area contributed by atoms with E-state index in [-0.39, 0.29) is 5.92 Å². The van der Waals surface area contributed by atoms with Gasteiger partial charge in [0.05, 0.1) is 10.0 Å². The van der Waals surface area contributed by atoms with Crippen LogP contribution in [0.2, 0.25) is 10.0 Å². The fourth-order valence-corrected chi connectivity index (χ4v) is 2.21. The molecule has 1 aromatic carbocycles. The van der Waals surface area contributed by atoms with E-state index in [2.05, 4.69) is 4.98 Å². The molecule has 1 aromatic heterocycles. The summed E-state index contributed by atoms with van der Waals surface area (Å²) >= 11 is 11.9. The van der Waals surface area contributed by atoms with Gasteiger partial charge in [-0.25, -0.2) is 0 Å². The molecule has 0 saturated heterocycles. The molecule has 94 valence electrons. The Morgan fingerprint density at radius 2 is 2.00 bits per heavy atom. The third kappa shape index (κ3) is 3.22. The second-order valence-electron chi connectivity index (χ2n) is 4.17. The lowest BCUT2D eigenvalue weighted by Crippen LogP contribution is -2.15. The van der Waals surface area contributed by atoms with Crippen LogP contribution in [-0.4, -0.2) is 11.5 Å². The standard InChI is InChI=1S/C14H14Cl2N2/c15-13-4-3-11(7-14(13)16)12(8-17)6-10-2-1-5-18-9-10/h1-5,7,9,12H,6,8,17H2/t12-/m1/s1. The van der Waals surface area contributed by atoms with Gasteiger partial charge in [-0.3, -0.25) is 4.98 Å². The number of pyridine rings is 1. The van der Waals surface area contributed by atoms with Crippen molar-refractivity contribution >= 4 is 23.2 Å². The Balaban J connectivity index is 2.20. The minimum absolute atomic E-state index is 0.226. The molecule has 1 heterocycles. The number of halogens is 2. The summed E-state index contributed by atoms with van der Waals surface area (Å²) in [5, 5.41) is 1.14. The molecule has 2 rings (SSSR count). The van der Waals surface area contributed by atoms with E-state index in [1.54, 1.807) is 6.20 Å². The molecule has 2 aromatic rings. The zero-order valence-electron chi connectivity index (χ0n) is 9.81. The highest BCUT2D eigenvalue weighted by atomic mass is 35.5. The van der Waals surface area contributed by atoms with E-state index in [0.717, 1.165) is 12.0 Å². The van der Waals surface area contributed by atoms with Crippen LogP contribution in [0.3, 0.4) is 0 Å². The van der Waals surface area contributed by atoms with E-state index < -0.39 is 0 Å². The number of nitrogens with two attached hydrogens (primary N) is 1. The molecule has 0 bridgehead atoms. The highest BCUT2D eigenvalue weighted by molar-refractivity contribution is 6.42. The van der Waals surface area contributed by atoms with Crippen LogP contribution in [-0.2, 0) is 6.42 Å². The SMILES string of the molecule is NC[C@@H](Cc1cccnc1)c1ccc(Cl)c(Cl)c1. The Hall–Kier alpha value is -1.09. The van der Waals surface area contributed by atoms with Crippen molar-refractivity contribution in [1.29, 1.82) is 0 Å². The van der Waals surface area contributed by atoms with Gasteiger partial charge in [0.25, 0.3) is 0 Å². The number of aromatic nitrogens is 1. The van der Waals surface area contributed by atoms with Crippen LogP contribution in [0.1, 0.15) is 17.0 Å². The molecule has 1 atom stereocenters. The number of rotatable bonds is 4. The van der Waals surface area contributed by atoms with Crippen LogP contribution >= 0.6 is 23.2 Å². The van der Waals surface area contributed by atoms with Gasteiger partial charge in [0.1, 0.15) is 0 Å². The monoisotopic (exact) mass is 280 g/mol. The Morgan fingerprint density at radius 1 is 1.17 bits per heavy atom. The second-order valence-corrected chi connectivity index (χ2v) is 4.99. The fourth-order valence-electron chi connectivity index (χ4n) is 1.91. The summed E-state index contributed by atoms with van der Waals surface area (Å²) in [6, 6.07) is 9.65. The highest BCUT2D eigenvalue weighted by Gasteiger charge is 2.12. The van der Waals surface area contributed by atoms with Crippen LogP contribution in [0.25, 0.3) is 0 Å². The quantitative estimate of drug-likeness (QED) is 0.928. The topological polar surface area (TPSA) is 38.9 Å². The van der Waals surface area contributed by atoms with Gasteiger partial charge in [0.2, 0.25) is 0 Å². The van der Waals surface area contributed by atoms with Gasteiger partial charge < -0.3 is 5.73 Å². The maximum absolute atomic E-state index is 6.03. The zero-order chi connectivity index (χ0) is 13.0. The first-order valence-electron chi connectivity index (χ1n) is 5.74. The van der Waals surface area contributed by atoms with Gasteiger partial charge >= 0.3 is 0 Å². The molecule has 0 aliphatic heterocycles. The molecule has 18 heavy (non-hydrogen) atoms. The molecule has 0 aliphatic rings. The first-order chi connectivity index (χ1) is 8.70. The number of benzene rings is 1. The van der Waals surface area contributed by atoms with Gasteiger partial charge in [-0.15, -0.1) is 0 Å². The van der Waals surface area contributed by atoms with Gasteiger partial charge in [0, 0.05) is 18.3 Å². The van der Waals surface area contributed by atoms with Crippen molar-refractivity contribution in [2.24, 2.45) is 5.73 Å². The molecular weight excluding hydrogens is 267 g/mol. The van der Waals surface area contributed by atoms with Crippen molar-refractivity contribution in [1.82, 2.24) is 4.98 Å². The third-order valence-electron chi connectivity index (χ3n) is 2.90. The molecule has 4 heteroatoms. The lowest BCUT2D eigenvalue weighted by atomic mass is 9.93. The Kier molecular flexibility index (Phi) is 4.59. The predicted octanol–water partition coefficient (Wildman–Crippen LogP) is 3.67. The van der Waals surface area contributed by atoms with Gasteiger partial charge in [-0.2, -0.15) is 0 Å². The van der Waals surface area contributed by atoms with E-state index in [9.17, 15) is 0 Å². The molecule has 0 fully saturated rings. The third-order valence-corrected chi connectivity index (χ3v) is 3.64. The minimum Gasteiger partial charge on any atom is -0.330 e. The van der Waals surface area contributed by atoms with E-state index in [0.29, 0.717) is 16.6 Å². The predicted molar refractivity (Wildman–Crippen MR) is 76.2 cm³/mol. The summed E-state index contributed by atoms with van der Waals surface area (Å²) in [6.07, 6.45) is 4.47. The molecule has 0 saturated carbocycles. The highest BCUT2D eigenvalue weighted by Crippen LogP contribution is 2.27. The molecule has 0 spiro atoms. The van der Waals surface area contributed by atoms with Gasteiger partial charge in [-0.1, -0.05) is 35.3 Å². The zero-order valence-corrected chi connectivity index (χ0v) is 11.3. The maximum atomic E-state index is 6.03. The van der Waals surface area contributed by atoms with Crippen molar-refractivity contribution in [2.45, 2.75) is 12.3 Å². The van der Waals surface area contributed by atoms with Crippen molar-refractivity contribution in [3.05, 3.63) is 63.9 Å². The number of hydrogen-bond acceptors (Lipinski definition) is 2.